The molecule has 1 heterocycles. The number of nitrogens with zero attached hydrogens (tertiary/aromatic N) is 1. The number of hydrogen-bond donors (Lipinski definition) is 1. The number of aliphatic carboxylic acids is 1. The number of likely N-dealkylation sites (tertiary alicyclic amines) is 1. The van der Waals surface area contributed by atoms with Gasteiger partial charge in [-0.1, -0.05) is 0 Å². The van der Waals surface area contributed by atoms with E-state index in [1.165, 1.54) is 28.8 Å². The topological polar surface area (TPSA) is 57.6 Å². The molecule has 1 aromatic rings. The highest BCUT2D eigenvalue weighted by Crippen LogP contribution is 2.31. The van der Waals surface area contributed by atoms with Gasteiger partial charge in [-0.3, -0.25) is 9.59 Å². The van der Waals surface area contributed by atoms with Gasteiger partial charge in [-0.15, -0.1) is 0 Å². The largest absolute Gasteiger partial charge is 0.481 e. The standard InChI is InChI=1S/C15H18FNO3S/c1-15(14(19)20)5-6-17(9-15)13(18)10-3-4-12(16)11(7-10)8-21-2/h3-4,7H,5-6,8-9H2,1-2H3,(H,19,20). The van der Waals surface area contributed by atoms with Gasteiger partial charge in [-0.2, -0.15) is 11.8 Å². The summed E-state index contributed by atoms with van der Waals surface area (Å²) in [7, 11) is 0. The molecule has 1 N–H and O–H groups in total. The second-order valence-electron chi connectivity index (χ2n) is 5.58. The molecule has 1 unspecified atom stereocenters. The molecule has 114 valence electrons. The molecule has 0 aliphatic carbocycles. The fraction of sp³-hybridized carbons (Fsp3) is 0.467. The summed E-state index contributed by atoms with van der Waals surface area (Å²) >= 11 is 1.48. The van der Waals surface area contributed by atoms with E-state index in [1.54, 1.807) is 13.0 Å². The average molecular weight is 311 g/mol. The molecule has 0 saturated carbocycles. The first-order valence-electron chi connectivity index (χ1n) is 6.67. The minimum atomic E-state index is -0.891. The SMILES string of the molecule is CSCc1cc(C(=O)N2CCC(C)(C(=O)O)C2)ccc1F. The van der Waals surface area contributed by atoms with Gasteiger partial charge in [0.15, 0.2) is 0 Å². The van der Waals surface area contributed by atoms with Crippen LogP contribution in [0.25, 0.3) is 0 Å². The van der Waals surface area contributed by atoms with Crippen LogP contribution in [0.1, 0.15) is 29.3 Å². The second kappa shape index (κ2) is 6.05. The summed E-state index contributed by atoms with van der Waals surface area (Å²) in [6, 6.07) is 4.31. The summed E-state index contributed by atoms with van der Waals surface area (Å²) in [6.07, 6.45) is 2.31. The number of rotatable bonds is 4. The monoisotopic (exact) mass is 311 g/mol. The summed E-state index contributed by atoms with van der Waals surface area (Å²) < 4.78 is 13.6. The Labute approximate surface area is 127 Å². The Morgan fingerprint density at radius 2 is 2.19 bits per heavy atom. The lowest BCUT2D eigenvalue weighted by Crippen LogP contribution is -2.34. The van der Waals surface area contributed by atoms with Gasteiger partial charge in [0.25, 0.3) is 5.91 Å². The Balaban J connectivity index is 2.18. The van der Waals surface area contributed by atoms with Crippen LogP contribution in [0.5, 0.6) is 0 Å². The van der Waals surface area contributed by atoms with E-state index in [1.807, 2.05) is 6.26 Å². The fourth-order valence-electron chi connectivity index (χ4n) is 2.47. The van der Waals surface area contributed by atoms with Crippen molar-refractivity contribution in [2.75, 3.05) is 19.3 Å². The lowest BCUT2D eigenvalue weighted by molar-refractivity contribution is -0.147. The maximum atomic E-state index is 13.6. The molecular weight excluding hydrogens is 293 g/mol. The summed E-state index contributed by atoms with van der Waals surface area (Å²) in [5.41, 5.74) is 0.0151. The van der Waals surface area contributed by atoms with E-state index < -0.39 is 11.4 Å². The molecule has 4 nitrogen and oxygen atoms in total. The highest BCUT2D eigenvalue weighted by atomic mass is 32.2. The van der Waals surface area contributed by atoms with Crippen LogP contribution >= 0.6 is 11.8 Å². The minimum absolute atomic E-state index is 0.191. The molecule has 2 rings (SSSR count). The summed E-state index contributed by atoms with van der Waals surface area (Å²) in [6.45, 7) is 2.25. The number of hydrogen-bond acceptors (Lipinski definition) is 3. The molecule has 1 aliphatic heterocycles. The van der Waals surface area contributed by atoms with Crippen molar-refractivity contribution in [1.82, 2.24) is 4.90 Å². The Morgan fingerprint density at radius 1 is 1.48 bits per heavy atom. The van der Waals surface area contributed by atoms with Crippen LogP contribution in [0, 0.1) is 11.2 Å². The summed E-state index contributed by atoms with van der Waals surface area (Å²) in [4.78, 5) is 25.2. The van der Waals surface area contributed by atoms with Crippen molar-refractivity contribution >= 4 is 23.6 Å². The lowest BCUT2D eigenvalue weighted by atomic mass is 9.90. The number of halogens is 1. The fourth-order valence-corrected chi connectivity index (χ4v) is 3.00. The maximum absolute atomic E-state index is 13.6. The molecule has 21 heavy (non-hydrogen) atoms. The number of carboxylic acid groups (broad SMARTS) is 1. The van der Waals surface area contributed by atoms with E-state index in [2.05, 4.69) is 0 Å². The van der Waals surface area contributed by atoms with Crippen LogP contribution in [-0.4, -0.2) is 41.2 Å². The third-order valence-corrected chi connectivity index (χ3v) is 4.47. The number of benzene rings is 1. The molecular formula is C15H18FNO3S. The predicted octanol–water partition coefficient (Wildman–Crippen LogP) is 2.63. The van der Waals surface area contributed by atoms with Crippen LogP contribution in [0.4, 0.5) is 4.39 Å². The first-order valence-corrected chi connectivity index (χ1v) is 8.07. The molecule has 6 heteroatoms. The maximum Gasteiger partial charge on any atom is 0.311 e. The average Bonchev–Trinajstić information content (AvgIpc) is 2.85. The van der Waals surface area contributed by atoms with E-state index in [9.17, 15) is 19.1 Å². The van der Waals surface area contributed by atoms with E-state index in [0.29, 0.717) is 29.8 Å². The van der Waals surface area contributed by atoms with Gasteiger partial charge in [-0.05, 0) is 43.4 Å². The number of thioether (sulfide) groups is 1. The van der Waals surface area contributed by atoms with Crippen LogP contribution in [0.2, 0.25) is 0 Å². The van der Waals surface area contributed by atoms with Crippen molar-refractivity contribution in [3.63, 3.8) is 0 Å². The van der Waals surface area contributed by atoms with E-state index in [4.69, 9.17) is 0 Å². The molecule has 0 spiro atoms. The first-order chi connectivity index (χ1) is 9.87. The third-order valence-electron chi connectivity index (χ3n) is 3.87. The van der Waals surface area contributed by atoms with Gasteiger partial charge in [0.1, 0.15) is 5.82 Å². The predicted molar refractivity (Wildman–Crippen MR) is 79.9 cm³/mol. The third kappa shape index (κ3) is 3.20. The zero-order valence-corrected chi connectivity index (χ0v) is 12.9. The van der Waals surface area contributed by atoms with Gasteiger partial charge in [-0.25, -0.2) is 4.39 Å². The lowest BCUT2D eigenvalue weighted by Gasteiger charge is -2.20. The Hall–Kier alpha value is -1.56. The molecule has 1 saturated heterocycles. The molecule has 0 radical (unpaired) electrons. The van der Waals surface area contributed by atoms with Crippen molar-refractivity contribution in [2.24, 2.45) is 5.41 Å². The minimum Gasteiger partial charge on any atom is -0.481 e. The van der Waals surface area contributed by atoms with Gasteiger partial charge in [0, 0.05) is 24.4 Å². The molecule has 1 amide bonds. The smallest absolute Gasteiger partial charge is 0.311 e. The number of carbonyl (C=O) groups is 2. The van der Waals surface area contributed by atoms with Crippen molar-refractivity contribution in [3.05, 3.63) is 35.1 Å². The Bertz CT molecular complexity index is 578. The zero-order chi connectivity index (χ0) is 15.6. The Kier molecular flexibility index (Phi) is 4.56. The molecule has 0 bridgehead atoms. The van der Waals surface area contributed by atoms with Crippen LogP contribution < -0.4 is 0 Å². The van der Waals surface area contributed by atoms with Gasteiger partial charge in [0.2, 0.25) is 0 Å². The van der Waals surface area contributed by atoms with Gasteiger partial charge < -0.3 is 10.0 Å². The molecule has 1 atom stereocenters. The normalized spacial score (nSPS) is 21.6. The summed E-state index contributed by atoms with van der Waals surface area (Å²) in [5, 5.41) is 9.20. The highest BCUT2D eigenvalue weighted by molar-refractivity contribution is 7.97. The quantitative estimate of drug-likeness (QED) is 0.928. The van der Waals surface area contributed by atoms with E-state index in [0.717, 1.165) is 0 Å². The van der Waals surface area contributed by atoms with Crippen molar-refractivity contribution in [2.45, 2.75) is 19.1 Å². The van der Waals surface area contributed by atoms with Crippen LogP contribution in [0.15, 0.2) is 18.2 Å². The number of carbonyl (C=O) groups excluding carboxylic acids is 1. The zero-order valence-electron chi connectivity index (χ0n) is 12.1. The summed E-state index contributed by atoms with van der Waals surface area (Å²) in [5.74, 6) is -0.945. The van der Waals surface area contributed by atoms with Crippen molar-refractivity contribution < 1.29 is 19.1 Å². The Morgan fingerprint density at radius 3 is 2.76 bits per heavy atom. The van der Waals surface area contributed by atoms with Crippen LogP contribution in [-0.2, 0) is 10.5 Å². The number of amides is 1. The molecule has 1 fully saturated rings. The molecule has 1 aromatic carbocycles. The molecule has 1 aliphatic rings. The van der Waals surface area contributed by atoms with Crippen molar-refractivity contribution in [3.8, 4) is 0 Å². The van der Waals surface area contributed by atoms with Gasteiger partial charge >= 0.3 is 5.97 Å². The van der Waals surface area contributed by atoms with Gasteiger partial charge in [0.05, 0.1) is 5.41 Å². The number of carboxylic acids is 1. The molecule has 0 aromatic heterocycles. The highest BCUT2D eigenvalue weighted by Gasteiger charge is 2.42. The second-order valence-corrected chi connectivity index (χ2v) is 6.45. The van der Waals surface area contributed by atoms with Crippen molar-refractivity contribution in [1.29, 1.82) is 0 Å². The van der Waals surface area contributed by atoms with E-state index in [-0.39, 0.29) is 18.3 Å². The van der Waals surface area contributed by atoms with Crippen LogP contribution in [0.3, 0.4) is 0 Å². The first kappa shape index (κ1) is 15.8. The van der Waals surface area contributed by atoms with E-state index >= 15 is 0 Å².